The summed E-state index contributed by atoms with van der Waals surface area (Å²) in [5, 5.41) is 3.33. The van der Waals surface area contributed by atoms with E-state index in [2.05, 4.69) is 17.4 Å². The summed E-state index contributed by atoms with van der Waals surface area (Å²) in [6.07, 6.45) is 0.262. The van der Waals surface area contributed by atoms with Crippen LogP contribution in [0, 0.1) is 0 Å². The van der Waals surface area contributed by atoms with E-state index in [0.717, 1.165) is 17.8 Å². The van der Waals surface area contributed by atoms with Crippen molar-refractivity contribution in [3.63, 3.8) is 0 Å². The summed E-state index contributed by atoms with van der Waals surface area (Å²) in [6.45, 7) is 0.733. The second kappa shape index (κ2) is 5.87. The Kier molecular flexibility index (Phi) is 3.97. The number of carbonyl (C=O) groups is 1. The third-order valence-corrected chi connectivity index (χ3v) is 2.71. The molecule has 3 N–H and O–H groups in total. The molecule has 0 atom stereocenters. The number of amides is 1. The molecular weight excluding hydrogens is 224 g/mol. The molecule has 3 nitrogen and oxygen atoms in total. The number of para-hydroxylation sites is 1. The first-order chi connectivity index (χ1) is 8.75. The van der Waals surface area contributed by atoms with Gasteiger partial charge in [-0.3, -0.25) is 4.79 Å². The first kappa shape index (κ1) is 12.2. The maximum Gasteiger partial charge on any atom is 0.221 e. The van der Waals surface area contributed by atoms with Crippen molar-refractivity contribution in [3.05, 3.63) is 65.7 Å². The maximum atomic E-state index is 11.0. The fraction of sp³-hybridized carbons (Fsp3) is 0.133. The second-order valence-electron chi connectivity index (χ2n) is 4.14. The molecule has 0 heterocycles. The SMILES string of the molecule is NC(=O)Cc1ccccc1NCc1ccccc1. The van der Waals surface area contributed by atoms with Gasteiger partial charge in [0, 0.05) is 12.2 Å². The van der Waals surface area contributed by atoms with E-state index in [1.54, 1.807) is 0 Å². The Morgan fingerprint density at radius 1 is 1.00 bits per heavy atom. The summed E-state index contributed by atoms with van der Waals surface area (Å²) in [5.74, 6) is -0.316. The van der Waals surface area contributed by atoms with E-state index in [1.165, 1.54) is 5.56 Å². The minimum absolute atomic E-state index is 0.262. The lowest BCUT2D eigenvalue weighted by molar-refractivity contribution is -0.117. The molecule has 18 heavy (non-hydrogen) atoms. The van der Waals surface area contributed by atoms with Gasteiger partial charge in [0.15, 0.2) is 0 Å². The van der Waals surface area contributed by atoms with Crippen LogP contribution in [0.3, 0.4) is 0 Å². The van der Waals surface area contributed by atoms with Gasteiger partial charge in [-0.2, -0.15) is 0 Å². The van der Waals surface area contributed by atoms with E-state index in [1.807, 2.05) is 42.5 Å². The highest BCUT2D eigenvalue weighted by molar-refractivity contribution is 5.78. The van der Waals surface area contributed by atoms with E-state index < -0.39 is 0 Å². The lowest BCUT2D eigenvalue weighted by Gasteiger charge is -2.11. The van der Waals surface area contributed by atoms with Crippen LogP contribution in [-0.2, 0) is 17.8 Å². The molecule has 2 aromatic rings. The predicted molar refractivity (Wildman–Crippen MR) is 73.1 cm³/mol. The van der Waals surface area contributed by atoms with Gasteiger partial charge in [0.1, 0.15) is 0 Å². The topological polar surface area (TPSA) is 55.1 Å². The maximum absolute atomic E-state index is 11.0. The van der Waals surface area contributed by atoms with Crippen molar-refractivity contribution in [1.29, 1.82) is 0 Å². The molecule has 0 aromatic heterocycles. The Morgan fingerprint density at radius 2 is 1.67 bits per heavy atom. The molecule has 0 aliphatic heterocycles. The first-order valence-electron chi connectivity index (χ1n) is 5.90. The zero-order chi connectivity index (χ0) is 12.8. The number of benzene rings is 2. The third kappa shape index (κ3) is 3.35. The van der Waals surface area contributed by atoms with E-state index in [-0.39, 0.29) is 12.3 Å². The fourth-order valence-electron chi connectivity index (χ4n) is 1.83. The van der Waals surface area contributed by atoms with Gasteiger partial charge in [-0.25, -0.2) is 0 Å². The van der Waals surface area contributed by atoms with Crippen LogP contribution in [0.4, 0.5) is 5.69 Å². The van der Waals surface area contributed by atoms with Crippen molar-refractivity contribution in [2.75, 3.05) is 5.32 Å². The monoisotopic (exact) mass is 240 g/mol. The van der Waals surface area contributed by atoms with Gasteiger partial charge < -0.3 is 11.1 Å². The summed E-state index contributed by atoms with van der Waals surface area (Å²) < 4.78 is 0. The number of hydrogen-bond acceptors (Lipinski definition) is 2. The van der Waals surface area contributed by atoms with Gasteiger partial charge in [0.2, 0.25) is 5.91 Å². The molecule has 3 heteroatoms. The quantitative estimate of drug-likeness (QED) is 0.842. The normalized spacial score (nSPS) is 10.0. The van der Waals surface area contributed by atoms with Crippen molar-refractivity contribution in [2.45, 2.75) is 13.0 Å². The fourth-order valence-corrected chi connectivity index (χ4v) is 1.83. The van der Waals surface area contributed by atoms with E-state index in [4.69, 9.17) is 5.73 Å². The van der Waals surface area contributed by atoms with Crippen LogP contribution in [0.2, 0.25) is 0 Å². The Morgan fingerprint density at radius 3 is 2.39 bits per heavy atom. The molecule has 0 radical (unpaired) electrons. The minimum atomic E-state index is -0.316. The number of nitrogens with one attached hydrogen (secondary N) is 1. The van der Waals surface area contributed by atoms with Crippen molar-refractivity contribution in [1.82, 2.24) is 0 Å². The largest absolute Gasteiger partial charge is 0.381 e. The van der Waals surface area contributed by atoms with Gasteiger partial charge in [-0.15, -0.1) is 0 Å². The lowest BCUT2D eigenvalue weighted by Crippen LogP contribution is -2.15. The minimum Gasteiger partial charge on any atom is -0.381 e. The molecule has 92 valence electrons. The summed E-state index contributed by atoms with van der Waals surface area (Å²) in [6, 6.07) is 17.8. The number of anilines is 1. The number of carbonyl (C=O) groups excluding carboxylic acids is 1. The second-order valence-corrected chi connectivity index (χ2v) is 4.14. The van der Waals surface area contributed by atoms with Gasteiger partial charge in [0.25, 0.3) is 0 Å². The van der Waals surface area contributed by atoms with E-state index in [0.29, 0.717) is 0 Å². The lowest BCUT2D eigenvalue weighted by atomic mass is 10.1. The molecule has 0 saturated heterocycles. The standard InChI is InChI=1S/C15H16N2O/c16-15(18)10-13-8-4-5-9-14(13)17-11-12-6-2-1-3-7-12/h1-9,17H,10-11H2,(H2,16,18). The Bertz CT molecular complexity index is 523. The molecule has 1 amide bonds. The van der Waals surface area contributed by atoms with Gasteiger partial charge >= 0.3 is 0 Å². The van der Waals surface area contributed by atoms with Gasteiger partial charge in [0.05, 0.1) is 6.42 Å². The smallest absolute Gasteiger partial charge is 0.221 e. The molecule has 0 aliphatic rings. The zero-order valence-electron chi connectivity index (χ0n) is 10.1. The average Bonchev–Trinajstić information content (AvgIpc) is 2.38. The number of hydrogen-bond donors (Lipinski definition) is 2. The summed E-state index contributed by atoms with van der Waals surface area (Å²) in [7, 11) is 0. The molecule has 0 saturated carbocycles. The Labute approximate surface area is 107 Å². The molecule has 2 aromatic carbocycles. The zero-order valence-corrected chi connectivity index (χ0v) is 10.1. The molecule has 2 rings (SSSR count). The van der Waals surface area contributed by atoms with Crippen molar-refractivity contribution < 1.29 is 4.79 Å². The van der Waals surface area contributed by atoms with Crippen LogP contribution in [0.5, 0.6) is 0 Å². The van der Waals surface area contributed by atoms with Crippen molar-refractivity contribution in [2.24, 2.45) is 5.73 Å². The van der Waals surface area contributed by atoms with E-state index in [9.17, 15) is 4.79 Å². The van der Waals surface area contributed by atoms with Gasteiger partial charge in [-0.1, -0.05) is 48.5 Å². The molecule has 0 aliphatic carbocycles. The van der Waals surface area contributed by atoms with Crippen LogP contribution in [0.15, 0.2) is 54.6 Å². The Hall–Kier alpha value is -2.29. The molecular formula is C15H16N2O. The third-order valence-electron chi connectivity index (χ3n) is 2.71. The predicted octanol–water partition coefficient (Wildman–Crippen LogP) is 2.33. The van der Waals surface area contributed by atoms with E-state index >= 15 is 0 Å². The summed E-state index contributed by atoms with van der Waals surface area (Å²) >= 11 is 0. The van der Waals surface area contributed by atoms with Crippen LogP contribution < -0.4 is 11.1 Å². The van der Waals surface area contributed by atoms with Crippen LogP contribution >= 0.6 is 0 Å². The molecule has 0 unspecified atom stereocenters. The highest BCUT2D eigenvalue weighted by Gasteiger charge is 2.04. The highest BCUT2D eigenvalue weighted by atomic mass is 16.1. The van der Waals surface area contributed by atoms with Crippen molar-refractivity contribution >= 4 is 11.6 Å². The van der Waals surface area contributed by atoms with Crippen molar-refractivity contribution in [3.8, 4) is 0 Å². The molecule has 0 bridgehead atoms. The summed E-state index contributed by atoms with van der Waals surface area (Å²) in [5.41, 5.74) is 8.32. The highest BCUT2D eigenvalue weighted by Crippen LogP contribution is 2.16. The molecule has 0 spiro atoms. The number of rotatable bonds is 5. The van der Waals surface area contributed by atoms with Crippen LogP contribution in [0.1, 0.15) is 11.1 Å². The first-order valence-corrected chi connectivity index (χ1v) is 5.90. The van der Waals surface area contributed by atoms with Gasteiger partial charge in [-0.05, 0) is 17.2 Å². The van der Waals surface area contributed by atoms with Crippen LogP contribution in [0.25, 0.3) is 0 Å². The Balaban J connectivity index is 2.07. The average molecular weight is 240 g/mol. The number of primary amides is 1. The molecule has 0 fully saturated rings. The summed E-state index contributed by atoms with van der Waals surface area (Å²) in [4.78, 5) is 11.0. The van der Waals surface area contributed by atoms with Crippen LogP contribution in [-0.4, -0.2) is 5.91 Å². The number of nitrogens with two attached hydrogens (primary N) is 1.